The number of aromatic nitrogens is 4. The second kappa shape index (κ2) is 6.37. The van der Waals surface area contributed by atoms with Crippen LogP contribution < -0.4 is 10.5 Å². The molecule has 26 heavy (non-hydrogen) atoms. The first-order valence-electron chi connectivity index (χ1n) is 8.28. The quantitative estimate of drug-likeness (QED) is 0.834. The van der Waals surface area contributed by atoms with Gasteiger partial charge in [-0.1, -0.05) is 20.8 Å². The number of anilines is 1. The van der Waals surface area contributed by atoms with Gasteiger partial charge in [0, 0.05) is 30.5 Å². The van der Waals surface area contributed by atoms with E-state index < -0.39 is 11.9 Å². The molecule has 2 aromatic heterocycles. The maximum atomic E-state index is 12.5. The molecular weight excluding hydrogens is 347 g/mol. The number of halogens is 3. The van der Waals surface area contributed by atoms with Crippen molar-refractivity contribution in [2.45, 2.75) is 38.9 Å². The lowest BCUT2D eigenvalue weighted by molar-refractivity contribution is -0.141. The van der Waals surface area contributed by atoms with E-state index in [0.29, 0.717) is 25.5 Å². The van der Waals surface area contributed by atoms with Crippen molar-refractivity contribution < 1.29 is 13.2 Å². The van der Waals surface area contributed by atoms with Gasteiger partial charge < -0.3 is 4.90 Å². The molecule has 0 unspecified atom stereocenters. The first-order valence-corrected chi connectivity index (χ1v) is 8.28. The maximum Gasteiger partial charge on any atom is 0.435 e. The zero-order valence-corrected chi connectivity index (χ0v) is 14.8. The van der Waals surface area contributed by atoms with E-state index in [2.05, 4.69) is 15.3 Å². The van der Waals surface area contributed by atoms with Crippen LogP contribution in [-0.4, -0.2) is 33.1 Å². The average molecular weight is 367 g/mol. The highest BCUT2D eigenvalue weighted by Gasteiger charge is 2.34. The SMILES string of the molecule is CC(C)(C)c1ccc(=O)n(CC2CN(c3ccc(C(F)(F)F)nn3)C2)n1. The van der Waals surface area contributed by atoms with Crippen molar-refractivity contribution in [1.82, 2.24) is 20.0 Å². The van der Waals surface area contributed by atoms with Crippen LogP contribution >= 0.6 is 0 Å². The van der Waals surface area contributed by atoms with E-state index in [-0.39, 0.29) is 16.9 Å². The Labute approximate surface area is 148 Å². The average Bonchev–Trinajstić information content (AvgIpc) is 2.50. The molecule has 9 heteroatoms. The largest absolute Gasteiger partial charge is 0.435 e. The molecule has 140 valence electrons. The van der Waals surface area contributed by atoms with Crippen LogP contribution in [0.15, 0.2) is 29.1 Å². The Morgan fingerprint density at radius 3 is 2.23 bits per heavy atom. The molecule has 0 aromatic carbocycles. The first-order chi connectivity index (χ1) is 12.0. The second-order valence-electron chi connectivity index (χ2n) is 7.53. The van der Waals surface area contributed by atoms with Crippen LogP contribution in [0.3, 0.4) is 0 Å². The Morgan fingerprint density at radius 1 is 1.04 bits per heavy atom. The fraction of sp³-hybridized carbons (Fsp3) is 0.529. The maximum absolute atomic E-state index is 12.5. The van der Waals surface area contributed by atoms with Crippen molar-refractivity contribution in [3.63, 3.8) is 0 Å². The van der Waals surface area contributed by atoms with Gasteiger partial charge in [-0.2, -0.15) is 18.3 Å². The Hall–Kier alpha value is -2.45. The number of hydrogen-bond acceptors (Lipinski definition) is 5. The van der Waals surface area contributed by atoms with E-state index >= 15 is 0 Å². The molecular formula is C17H20F3N5O. The number of hydrogen-bond donors (Lipinski definition) is 0. The van der Waals surface area contributed by atoms with Crippen LogP contribution in [0.4, 0.5) is 19.0 Å². The predicted molar refractivity (Wildman–Crippen MR) is 89.9 cm³/mol. The normalized spacial score (nSPS) is 15.8. The lowest BCUT2D eigenvalue weighted by Gasteiger charge is -2.39. The molecule has 0 spiro atoms. The van der Waals surface area contributed by atoms with Crippen molar-refractivity contribution in [3.8, 4) is 0 Å². The van der Waals surface area contributed by atoms with Gasteiger partial charge in [-0.15, -0.1) is 10.2 Å². The van der Waals surface area contributed by atoms with Gasteiger partial charge in [0.1, 0.15) is 0 Å². The van der Waals surface area contributed by atoms with E-state index in [1.807, 2.05) is 25.7 Å². The molecule has 0 atom stereocenters. The highest BCUT2D eigenvalue weighted by atomic mass is 19.4. The minimum Gasteiger partial charge on any atom is -0.354 e. The van der Waals surface area contributed by atoms with Crippen LogP contribution in [0.2, 0.25) is 0 Å². The summed E-state index contributed by atoms with van der Waals surface area (Å²) in [5.74, 6) is 0.581. The third-order valence-electron chi connectivity index (χ3n) is 4.29. The molecule has 1 saturated heterocycles. The second-order valence-corrected chi connectivity index (χ2v) is 7.53. The van der Waals surface area contributed by atoms with Gasteiger partial charge in [0.25, 0.3) is 5.56 Å². The Balaban J connectivity index is 1.63. The minimum absolute atomic E-state index is 0.156. The number of rotatable bonds is 3. The molecule has 2 aromatic rings. The molecule has 6 nitrogen and oxygen atoms in total. The van der Waals surface area contributed by atoms with Gasteiger partial charge >= 0.3 is 6.18 Å². The molecule has 0 radical (unpaired) electrons. The van der Waals surface area contributed by atoms with E-state index in [1.165, 1.54) is 16.8 Å². The molecule has 1 fully saturated rings. The molecule has 1 aliphatic rings. The van der Waals surface area contributed by atoms with Crippen LogP contribution in [0, 0.1) is 5.92 Å². The van der Waals surface area contributed by atoms with Crippen LogP contribution in [-0.2, 0) is 18.1 Å². The molecule has 0 amide bonds. The van der Waals surface area contributed by atoms with Crippen LogP contribution in [0.1, 0.15) is 32.2 Å². The van der Waals surface area contributed by atoms with E-state index in [0.717, 1.165) is 11.8 Å². The molecule has 0 N–H and O–H groups in total. The van der Waals surface area contributed by atoms with E-state index in [4.69, 9.17) is 0 Å². The summed E-state index contributed by atoms with van der Waals surface area (Å²) >= 11 is 0. The summed E-state index contributed by atoms with van der Waals surface area (Å²) in [6.45, 7) is 7.73. The van der Waals surface area contributed by atoms with Gasteiger partial charge in [-0.25, -0.2) is 4.68 Å². The molecule has 3 heterocycles. The van der Waals surface area contributed by atoms with Gasteiger partial charge in [-0.3, -0.25) is 4.79 Å². The minimum atomic E-state index is -4.49. The Bertz CT molecular complexity index is 833. The zero-order chi connectivity index (χ0) is 19.1. The topological polar surface area (TPSA) is 63.9 Å². The lowest BCUT2D eigenvalue weighted by atomic mass is 9.92. The summed E-state index contributed by atoms with van der Waals surface area (Å²) in [6, 6.07) is 5.50. The molecule has 0 aliphatic carbocycles. The number of nitrogens with zero attached hydrogens (tertiary/aromatic N) is 5. The first kappa shape index (κ1) is 18.3. The molecule has 0 saturated carbocycles. The highest BCUT2D eigenvalue weighted by Crippen LogP contribution is 2.29. The van der Waals surface area contributed by atoms with Crippen molar-refractivity contribution in [2.24, 2.45) is 5.92 Å². The molecule has 0 bridgehead atoms. The van der Waals surface area contributed by atoms with Crippen molar-refractivity contribution in [3.05, 3.63) is 46.0 Å². The van der Waals surface area contributed by atoms with E-state index in [9.17, 15) is 18.0 Å². The van der Waals surface area contributed by atoms with Crippen molar-refractivity contribution in [2.75, 3.05) is 18.0 Å². The van der Waals surface area contributed by atoms with E-state index in [1.54, 1.807) is 6.07 Å². The summed E-state index contributed by atoms with van der Waals surface area (Å²) < 4.78 is 39.0. The van der Waals surface area contributed by atoms with Gasteiger partial charge in [0.15, 0.2) is 11.5 Å². The highest BCUT2D eigenvalue weighted by molar-refractivity contribution is 5.40. The lowest BCUT2D eigenvalue weighted by Crippen LogP contribution is -2.50. The van der Waals surface area contributed by atoms with Crippen molar-refractivity contribution in [1.29, 1.82) is 0 Å². The van der Waals surface area contributed by atoms with Gasteiger partial charge in [0.05, 0.1) is 12.2 Å². The van der Waals surface area contributed by atoms with Gasteiger partial charge in [-0.05, 0) is 18.2 Å². The van der Waals surface area contributed by atoms with Crippen LogP contribution in [0.5, 0.6) is 0 Å². The fourth-order valence-corrected chi connectivity index (χ4v) is 2.74. The zero-order valence-electron chi connectivity index (χ0n) is 14.8. The summed E-state index contributed by atoms with van der Waals surface area (Å²) in [4.78, 5) is 13.8. The third-order valence-corrected chi connectivity index (χ3v) is 4.29. The summed E-state index contributed by atoms with van der Waals surface area (Å²) in [6.07, 6.45) is -4.49. The fourth-order valence-electron chi connectivity index (χ4n) is 2.74. The predicted octanol–water partition coefficient (Wildman–Crippen LogP) is 2.49. The standard InChI is InChI=1S/C17H20F3N5O/c1-16(2,3)12-5-7-15(26)25(23-12)10-11-8-24(9-11)14-6-4-13(21-22-14)17(18,19)20/h4-7,11H,8-10H2,1-3H3. The summed E-state index contributed by atoms with van der Waals surface area (Å²) in [5.41, 5.74) is -0.488. The monoisotopic (exact) mass is 367 g/mol. The third kappa shape index (κ3) is 3.86. The van der Waals surface area contributed by atoms with Gasteiger partial charge in [0.2, 0.25) is 0 Å². The summed E-state index contributed by atoms with van der Waals surface area (Å²) in [7, 11) is 0. The van der Waals surface area contributed by atoms with Crippen molar-refractivity contribution >= 4 is 5.82 Å². The number of alkyl halides is 3. The Morgan fingerprint density at radius 2 is 1.69 bits per heavy atom. The Kier molecular flexibility index (Phi) is 4.49. The molecule has 3 rings (SSSR count). The molecule has 1 aliphatic heterocycles. The summed E-state index contributed by atoms with van der Waals surface area (Å²) in [5, 5.41) is 11.3. The smallest absolute Gasteiger partial charge is 0.354 e. The van der Waals surface area contributed by atoms with Crippen LogP contribution in [0.25, 0.3) is 0 Å².